The van der Waals surface area contributed by atoms with Gasteiger partial charge in [0.15, 0.2) is 11.6 Å². The van der Waals surface area contributed by atoms with E-state index in [0.29, 0.717) is 22.3 Å². The first kappa shape index (κ1) is 27.8. The number of para-hydroxylation sites is 2. The van der Waals surface area contributed by atoms with Crippen LogP contribution in [0.25, 0.3) is 0 Å². The molecule has 0 spiro atoms. The average molecular weight is 550 g/mol. The van der Waals surface area contributed by atoms with Gasteiger partial charge < -0.3 is 25.2 Å². The van der Waals surface area contributed by atoms with Crippen LogP contribution in [0.1, 0.15) is 103 Å². The molecule has 5 N–H and O–H groups in total. The Morgan fingerprint density at radius 3 is 1.27 bits per heavy atom. The number of aromatic amines is 3. The van der Waals surface area contributed by atoms with Crippen LogP contribution in [0.15, 0.2) is 60.7 Å². The number of ketones is 2. The van der Waals surface area contributed by atoms with E-state index in [-0.39, 0.29) is 23.1 Å². The van der Waals surface area contributed by atoms with E-state index in [9.17, 15) is 19.8 Å². The van der Waals surface area contributed by atoms with E-state index in [0.717, 1.165) is 45.3 Å². The Labute approximate surface area is 239 Å². The number of rotatable bonds is 8. The number of aryl methyl sites for hydroxylation is 2. The molecule has 2 aromatic carbocycles. The number of carbonyl (C=O) groups is 2. The summed E-state index contributed by atoms with van der Waals surface area (Å²) in [4.78, 5) is 35.4. The van der Waals surface area contributed by atoms with Gasteiger partial charge in [0.1, 0.15) is 11.5 Å². The number of Topliss-reactive ketones (excluding diaryl/α,β-unsaturated/α-hetero) is 2. The Morgan fingerprint density at radius 1 is 0.585 bits per heavy atom. The van der Waals surface area contributed by atoms with Crippen LogP contribution in [0.4, 0.5) is 0 Å². The van der Waals surface area contributed by atoms with Gasteiger partial charge in [-0.05, 0) is 76.9 Å². The Bertz CT molecular complexity index is 1660. The van der Waals surface area contributed by atoms with E-state index in [2.05, 4.69) is 15.0 Å². The molecule has 3 aromatic heterocycles. The third-order valence-electron chi connectivity index (χ3n) is 8.08. The van der Waals surface area contributed by atoms with Crippen LogP contribution in [-0.2, 0) is 0 Å². The second-order valence-corrected chi connectivity index (χ2v) is 10.8. The van der Waals surface area contributed by atoms with Gasteiger partial charge in [-0.2, -0.15) is 0 Å². The minimum atomic E-state index is -0.430. The number of aromatic hydroxyl groups is 2. The highest BCUT2D eigenvalue weighted by molar-refractivity contribution is 5.97. The number of H-pyrrole nitrogens is 3. The van der Waals surface area contributed by atoms with Crippen molar-refractivity contribution < 1.29 is 19.8 Å². The normalized spacial score (nSPS) is 12.8. The fourth-order valence-corrected chi connectivity index (χ4v) is 6.37. The standard InChI is InChI=1S/C34H35N3O4/c1-17-29(21(5)38)19(3)35-33(17)31(23-11-7-9-13-27(23)40)25-15-16-26(37-25)32(24-12-8-10-14-28(24)41)34-18(2)30(22(6)39)20(4)36-34/h7-16,31-32,35-37,40-41H,1-6H3. The molecule has 5 rings (SSSR count). The topological polar surface area (TPSA) is 122 Å². The van der Waals surface area contributed by atoms with Gasteiger partial charge in [-0.1, -0.05) is 36.4 Å². The molecule has 2 atom stereocenters. The summed E-state index contributed by atoms with van der Waals surface area (Å²) >= 11 is 0. The molecule has 0 saturated heterocycles. The SMILES string of the molecule is CC(=O)c1c(C)[nH]c(C(c2ccc(C(c3ccccc3O)c3[nH]c(C)c(C(C)=O)c3C)[nH]2)c2ccccc2O)c1C. The van der Waals surface area contributed by atoms with Gasteiger partial charge in [-0.25, -0.2) is 0 Å². The van der Waals surface area contributed by atoms with Crippen molar-refractivity contribution in [2.75, 3.05) is 0 Å². The third-order valence-corrected chi connectivity index (χ3v) is 8.08. The molecule has 0 bridgehead atoms. The van der Waals surface area contributed by atoms with Crippen molar-refractivity contribution in [3.05, 3.63) is 128 Å². The lowest BCUT2D eigenvalue weighted by Crippen LogP contribution is -2.10. The summed E-state index contributed by atoms with van der Waals surface area (Å²) in [7, 11) is 0. The monoisotopic (exact) mass is 549 g/mol. The molecule has 7 heteroatoms. The number of benzene rings is 2. The van der Waals surface area contributed by atoms with Gasteiger partial charge in [-0.3, -0.25) is 9.59 Å². The summed E-state index contributed by atoms with van der Waals surface area (Å²) in [6.45, 7) is 10.7. The second kappa shape index (κ2) is 10.7. The zero-order valence-corrected chi connectivity index (χ0v) is 24.1. The maximum Gasteiger partial charge on any atom is 0.161 e. The molecule has 0 saturated carbocycles. The van der Waals surface area contributed by atoms with Crippen LogP contribution in [0.3, 0.4) is 0 Å². The highest BCUT2D eigenvalue weighted by atomic mass is 16.3. The van der Waals surface area contributed by atoms with Crippen LogP contribution in [0.2, 0.25) is 0 Å². The number of phenols is 2. The molecular formula is C34H35N3O4. The highest BCUT2D eigenvalue weighted by Crippen LogP contribution is 2.42. The largest absolute Gasteiger partial charge is 0.508 e. The maximum absolute atomic E-state index is 12.5. The van der Waals surface area contributed by atoms with Gasteiger partial charge in [0.25, 0.3) is 0 Å². The summed E-state index contributed by atoms with van der Waals surface area (Å²) in [5.41, 5.74) is 9.11. The first-order chi connectivity index (χ1) is 19.5. The molecule has 0 fully saturated rings. The fourth-order valence-electron chi connectivity index (χ4n) is 6.37. The Balaban J connectivity index is 1.73. The molecule has 0 aliphatic rings. The Kier molecular flexibility index (Phi) is 7.22. The third kappa shape index (κ3) is 4.78. The first-order valence-electron chi connectivity index (χ1n) is 13.7. The van der Waals surface area contributed by atoms with Gasteiger partial charge in [-0.15, -0.1) is 0 Å². The van der Waals surface area contributed by atoms with Gasteiger partial charge in [0, 0.05) is 56.4 Å². The second-order valence-electron chi connectivity index (χ2n) is 10.8. The molecular weight excluding hydrogens is 514 g/mol. The molecule has 5 aromatic rings. The number of phenolic OH excluding ortho intramolecular Hbond substituents is 2. The van der Waals surface area contributed by atoms with Crippen LogP contribution >= 0.6 is 0 Å². The van der Waals surface area contributed by atoms with Crippen molar-refractivity contribution in [1.29, 1.82) is 0 Å². The highest BCUT2D eigenvalue weighted by Gasteiger charge is 2.31. The molecule has 3 heterocycles. The van der Waals surface area contributed by atoms with Crippen LogP contribution in [-0.4, -0.2) is 36.7 Å². The van der Waals surface area contributed by atoms with E-state index in [1.54, 1.807) is 38.1 Å². The minimum Gasteiger partial charge on any atom is -0.508 e. The molecule has 41 heavy (non-hydrogen) atoms. The van der Waals surface area contributed by atoms with E-state index in [1.165, 1.54) is 0 Å². The van der Waals surface area contributed by atoms with Crippen LogP contribution < -0.4 is 0 Å². The molecule has 2 unspecified atom stereocenters. The molecule has 7 nitrogen and oxygen atoms in total. The molecule has 0 amide bonds. The minimum absolute atomic E-state index is 0.0239. The molecule has 0 aliphatic carbocycles. The van der Waals surface area contributed by atoms with E-state index in [1.807, 2.05) is 64.1 Å². The lowest BCUT2D eigenvalue weighted by Gasteiger charge is -2.20. The maximum atomic E-state index is 12.5. The zero-order valence-electron chi connectivity index (χ0n) is 24.1. The average Bonchev–Trinajstić information content (AvgIpc) is 3.58. The van der Waals surface area contributed by atoms with Gasteiger partial charge in [0.2, 0.25) is 0 Å². The van der Waals surface area contributed by atoms with Crippen molar-refractivity contribution in [2.24, 2.45) is 0 Å². The van der Waals surface area contributed by atoms with Crippen molar-refractivity contribution >= 4 is 11.6 Å². The predicted molar refractivity (Wildman–Crippen MR) is 159 cm³/mol. The van der Waals surface area contributed by atoms with Crippen molar-refractivity contribution in [3.63, 3.8) is 0 Å². The lowest BCUT2D eigenvalue weighted by molar-refractivity contribution is 0.100. The number of hydrogen-bond donors (Lipinski definition) is 5. The van der Waals surface area contributed by atoms with Crippen LogP contribution in [0, 0.1) is 27.7 Å². The number of nitrogens with one attached hydrogen (secondary N) is 3. The summed E-state index contributed by atoms with van der Waals surface area (Å²) in [5, 5.41) is 21.9. The zero-order chi connectivity index (χ0) is 29.6. The van der Waals surface area contributed by atoms with Gasteiger partial charge in [0.05, 0.1) is 11.8 Å². The lowest BCUT2D eigenvalue weighted by atomic mass is 9.89. The quantitative estimate of drug-likeness (QED) is 0.133. The Morgan fingerprint density at radius 2 is 0.951 bits per heavy atom. The van der Waals surface area contributed by atoms with E-state index >= 15 is 0 Å². The molecule has 0 radical (unpaired) electrons. The smallest absolute Gasteiger partial charge is 0.161 e. The van der Waals surface area contributed by atoms with Crippen molar-refractivity contribution in [3.8, 4) is 11.5 Å². The van der Waals surface area contributed by atoms with E-state index < -0.39 is 11.8 Å². The Hall–Kier alpha value is -4.78. The van der Waals surface area contributed by atoms with Crippen molar-refractivity contribution in [1.82, 2.24) is 15.0 Å². The number of hydrogen-bond acceptors (Lipinski definition) is 4. The number of aromatic nitrogens is 3. The van der Waals surface area contributed by atoms with E-state index in [4.69, 9.17) is 0 Å². The van der Waals surface area contributed by atoms with Crippen LogP contribution in [0.5, 0.6) is 11.5 Å². The molecule has 0 aliphatic heterocycles. The summed E-state index contributed by atoms with van der Waals surface area (Å²) < 4.78 is 0. The summed E-state index contributed by atoms with van der Waals surface area (Å²) in [6.07, 6.45) is 0. The first-order valence-corrected chi connectivity index (χ1v) is 13.7. The fraction of sp³-hybridized carbons (Fsp3) is 0.235. The predicted octanol–water partition coefficient (Wildman–Crippen LogP) is 7.08. The molecule has 210 valence electrons. The number of carbonyl (C=O) groups excluding carboxylic acids is 2. The summed E-state index contributed by atoms with van der Waals surface area (Å²) in [5.74, 6) is -0.622. The summed E-state index contributed by atoms with van der Waals surface area (Å²) in [6, 6.07) is 18.3. The van der Waals surface area contributed by atoms with Gasteiger partial charge >= 0.3 is 0 Å². The van der Waals surface area contributed by atoms with Crippen molar-refractivity contribution in [2.45, 2.75) is 53.4 Å².